The van der Waals surface area contributed by atoms with E-state index in [1.807, 2.05) is 0 Å². The Balaban J connectivity index is 2.96. The van der Waals surface area contributed by atoms with Crippen LogP contribution in [0, 0.1) is 0 Å². The molecule has 1 N–H and O–H groups in total. The normalized spacial score (nSPS) is 9.83. The number of hydrogen-bond acceptors (Lipinski definition) is 4. The molecule has 0 amide bonds. The Labute approximate surface area is 69.4 Å². The number of aliphatic hydroxyl groups is 1. The van der Waals surface area contributed by atoms with Gasteiger partial charge in [-0.05, 0) is 6.92 Å². The van der Waals surface area contributed by atoms with Gasteiger partial charge in [0.05, 0.1) is 6.61 Å². The molecule has 0 spiro atoms. The molecule has 4 nitrogen and oxygen atoms in total. The van der Waals surface area contributed by atoms with Gasteiger partial charge in [-0.3, -0.25) is 4.79 Å². The number of rotatable bonds is 3. The zero-order valence-corrected chi connectivity index (χ0v) is 6.74. The minimum atomic E-state index is -0.276. The predicted octanol–water partition coefficient (Wildman–Crippen LogP) is 0.531. The van der Waals surface area contributed by atoms with Crippen LogP contribution in [0.3, 0.4) is 0 Å². The van der Waals surface area contributed by atoms with Crippen LogP contribution in [-0.2, 0) is 6.61 Å². The Hall–Kier alpha value is -1.29. The monoisotopic (exact) mass is 170 g/mol. The van der Waals surface area contributed by atoms with E-state index in [0.717, 1.165) is 0 Å². The third-order valence-corrected chi connectivity index (χ3v) is 1.31. The highest BCUT2D eigenvalue weighted by Crippen LogP contribution is 2.04. The van der Waals surface area contributed by atoms with E-state index in [1.54, 1.807) is 6.92 Å². The summed E-state index contributed by atoms with van der Waals surface area (Å²) in [5.74, 6) is 0.415. The van der Waals surface area contributed by atoms with Gasteiger partial charge in [0.15, 0.2) is 0 Å². The van der Waals surface area contributed by atoms with Crippen LogP contribution >= 0.6 is 0 Å². The first-order valence-electron chi connectivity index (χ1n) is 3.63. The summed E-state index contributed by atoms with van der Waals surface area (Å²) in [6, 6.07) is 1.21. The Morgan fingerprint density at radius 3 is 2.92 bits per heavy atom. The minimum absolute atomic E-state index is 0.176. The van der Waals surface area contributed by atoms with Crippen LogP contribution in [0.4, 0.5) is 0 Å². The van der Waals surface area contributed by atoms with Gasteiger partial charge in [-0.2, -0.15) is 0 Å². The smallest absolute Gasteiger partial charge is 0.227 e. The fraction of sp³-hybridized carbons (Fsp3) is 0.375. The van der Waals surface area contributed by atoms with Crippen molar-refractivity contribution in [1.29, 1.82) is 0 Å². The van der Waals surface area contributed by atoms with Crippen molar-refractivity contribution in [3.05, 3.63) is 28.3 Å². The zero-order valence-electron chi connectivity index (χ0n) is 6.74. The molecule has 0 aromatic carbocycles. The second-order valence-electron chi connectivity index (χ2n) is 2.17. The molecule has 0 aliphatic heterocycles. The molecule has 1 aromatic heterocycles. The third-order valence-electron chi connectivity index (χ3n) is 1.31. The van der Waals surface area contributed by atoms with Crippen molar-refractivity contribution in [3.63, 3.8) is 0 Å². The van der Waals surface area contributed by atoms with Gasteiger partial charge in [-0.25, -0.2) is 0 Å². The fourth-order valence-electron chi connectivity index (χ4n) is 0.782. The summed E-state index contributed by atoms with van der Waals surface area (Å²) in [4.78, 5) is 11.1. The summed E-state index contributed by atoms with van der Waals surface area (Å²) in [5.41, 5.74) is -0.271. The van der Waals surface area contributed by atoms with Crippen molar-refractivity contribution in [3.8, 4) is 5.75 Å². The standard InChI is InChI=1S/C8H10O4/c1-2-11-8-5-12-6(4-9)3-7(8)10/h3,5,9H,2,4H2,1H3. The molecule has 0 saturated carbocycles. The average molecular weight is 170 g/mol. The molecular weight excluding hydrogens is 160 g/mol. The van der Waals surface area contributed by atoms with E-state index in [-0.39, 0.29) is 23.5 Å². The van der Waals surface area contributed by atoms with Gasteiger partial charge in [-0.1, -0.05) is 0 Å². The Kier molecular flexibility index (Phi) is 2.88. The predicted molar refractivity (Wildman–Crippen MR) is 42.1 cm³/mol. The summed E-state index contributed by atoms with van der Waals surface area (Å²) >= 11 is 0. The van der Waals surface area contributed by atoms with Crippen molar-refractivity contribution >= 4 is 0 Å². The molecule has 0 aliphatic carbocycles. The number of aliphatic hydroxyl groups excluding tert-OH is 1. The largest absolute Gasteiger partial charge is 0.487 e. The van der Waals surface area contributed by atoms with Crippen LogP contribution in [0.25, 0.3) is 0 Å². The molecule has 0 fully saturated rings. The molecule has 0 bridgehead atoms. The molecule has 0 atom stereocenters. The zero-order chi connectivity index (χ0) is 8.97. The lowest BCUT2D eigenvalue weighted by Crippen LogP contribution is -2.07. The van der Waals surface area contributed by atoms with Crippen LogP contribution in [0.1, 0.15) is 12.7 Å². The first-order chi connectivity index (χ1) is 5.77. The molecule has 1 heterocycles. The van der Waals surface area contributed by atoms with E-state index in [1.165, 1.54) is 12.3 Å². The van der Waals surface area contributed by atoms with Crippen LogP contribution in [0.2, 0.25) is 0 Å². The van der Waals surface area contributed by atoms with Gasteiger partial charge in [-0.15, -0.1) is 0 Å². The topological polar surface area (TPSA) is 59.7 Å². The first kappa shape index (κ1) is 8.80. The molecular formula is C8H10O4. The van der Waals surface area contributed by atoms with Gasteiger partial charge in [0.2, 0.25) is 11.2 Å². The molecule has 66 valence electrons. The lowest BCUT2D eigenvalue weighted by Gasteiger charge is -2.00. The summed E-state index contributed by atoms with van der Waals surface area (Å²) in [7, 11) is 0. The first-order valence-corrected chi connectivity index (χ1v) is 3.63. The molecule has 0 unspecified atom stereocenters. The van der Waals surface area contributed by atoms with Crippen molar-refractivity contribution in [2.45, 2.75) is 13.5 Å². The molecule has 0 saturated heterocycles. The van der Waals surface area contributed by atoms with Gasteiger partial charge < -0.3 is 14.3 Å². The molecule has 12 heavy (non-hydrogen) atoms. The van der Waals surface area contributed by atoms with E-state index < -0.39 is 0 Å². The van der Waals surface area contributed by atoms with E-state index in [4.69, 9.17) is 14.3 Å². The Morgan fingerprint density at radius 1 is 1.67 bits per heavy atom. The van der Waals surface area contributed by atoms with E-state index in [9.17, 15) is 4.79 Å². The highest BCUT2D eigenvalue weighted by atomic mass is 16.5. The average Bonchev–Trinajstić information content (AvgIpc) is 2.09. The Bertz CT molecular complexity index is 302. The van der Waals surface area contributed by atoms with Gasteiger partial charge in [0, 0.05) is 6.07 Å². The second kappa shape index (κ2) is 3.92. The molecule has 0 aliphatic rings. The quantitative estimate of drug-likeness (QED) is 0.718. The van der Waals surface area contributed by atoms with Gasteiger partial charge in [0.1, 0.15) is 18.6 Å². The van der Waals surface area contributed by atoms with Crippen molar-refractivity contribution in [2.24, 2.45) is 0 Å². The minimum Gasteiger partial charge on any atom is -0.487 e. The third kappa shape index (κ3) is 1.85. The summed E-state index contributed by atoms with van der Waals surface area (Å²) in [6.07, 6.45) is 1.21. The van der Waals surface area contributed by atoms with E-state index in [0.29, 0.717) is 6.61 Å². The van der Waals surface area contributed by atoms with E-state index >= 15 is 0 Å². The fourth-order valence-corrected chi connectivity index (χ4v) is 0.782. The lowest BCUT2D eigenvalue weighted by atomic mass is 10.4. The maximum atomic E-state index is 11.1. The highest BCUT2D eigenvalue weighted by Gasteiger charge is 2.01. The lowest BCUT2D eigenvalue weighted by molar-refractivity contribution is 0.238. The van der Waals surface area contributed by atoms with Gasteiger partial charge in [0.25, 0.3) is 0 Å². The summed E-state index contributed by atoms with van der Waals surface area (Å²) < 4.78 is 9.81. The summed E-state index contributed by atoms with van der Waals surface area (Å²) in [6.45, 7) is 1.92. The van der Waals surface area contributed by atoms with E-state index in [2.05, 4.69) is 0 Å². The number of hydrogen-bond donors (Lipinski definition) is 1. The maximum absolute atomic E-state index is 11.1. The SMILES string of the molecule is CCOc1coc(CO)cc1=O. The van der Waals surface area contributed by atoms with Crippen molar-refractivity contribution in [1.82, 2.24) is 0 Å². The van der Waals surface area contributed by atoms with Crippen LogP contribution < -0.4 is 10.2 Å². The summed E-state index contributed by atoms with van der Waals surface area (Å²) in [5, 5.41) is 8.61. The molecule has 1 aromatic rings. The van der Waals surface area contributed by atoms with Crippen LogP contribution in [0.15, 0.2) is 21.5 Å². The second-order valence-corrected chi connectivity index (χ2v) is 2.17. The van der Waals surface area contributed by atoms with Crippen LogP contribution in [0.5, 0.6) is 5.75 Å². The van der Waals surface area contributed by atoms with Crippen LogP contribution in [-0.4, -0.2) is 11.7 Å². The molecule has 0 radical (unpaired) electrons. The van der Waals surface area contributed by atoms with Gasteiger partial charge >= 0.3 is 0 Å². The van der Waals surface area contributed by atoms with Crippen molar-refractivity contribution in [2.75, 3.05) is 6.61 Å². The van der Waals surface area contributed by atoms with Crippen molar-refractivity contribution < 1.29 is 14.3 Å². The number of ether oxygens (including phenoxy) is 1. The molecule has 1 rings (SSSR count). The molecule has 4 heteroatoms. The maximum Gasteiger partial charge on any atom is 0.227 e. The highest BCUT2D eigenvalue weighted by molar-refractivity contribution is 5.17. The Morgan fingerprint density at radius 2 is 2.42 bits per heavy atom.